The fraction of sp³-hybridized carbons (Fsp3) is 0.667. The van der Waals surface area contributed by atoms with E-state index in [1.807, 2.05) is 49.6 Å². The SMILES string of the molecule is c1cn(C2C3CCCCC3C(n3ccnc3)C3C4NC(NC5NC(NC6NC(NC7NC(N4)C4C7C(n7ccnc7)C7CCCCC7C4n4ccnc4)C4C6C(n6ccnc6)C6CCCCC6C4n4ccnc4)C4C5C(n5ccnc5)C5CCCCC5C4n4ccnc4)C32)cn1. The summed E-state index contributed by atoms with van der Waals surface area (Å²) in [5, 5.41) is 37.9. The Morgan fingerprint density at radius 1 is 0.188 bits per heavy atom. The first-order valence-electron chi connectivity index (χ1n) is 37.5. The van der Waals surface area contributed by atoms with Crippen molar-refractivity contribution in [2.75, 3.05) is 0 Å². The number of imidazole rings is 8. The first-order valence-corrected chi connectivity index (χ1v) is 37.5. The van der Waals surface area contributed by atoms with Crippen molar-refractivity contribution >= 4 is 0 Å². The molecule has 13 heterocycles. The molecule has 504 valence electrons. The Morgan fingerprint density at radius 3 is 0.417 bits per heavy atom. The lowest BCUT2D eigenvalue weighted by Crippen LogP contribution is -2.62. The molecule has 24 heteroatoms. The highest BCUT2D eigenvalue weighted by Crippen LogP contribution is 2.65. The van der Waals surface area contributed by atoms with Gasteiger partial charge in [-0.25, -0.2) is 39.9 Å². The number of nitrogens with zero attached hydrogens (tertiary/aromatic N) is 16. The van der Waals surface area contributed by atoms with Gasteiger partial charge in [-0.2, -0.15) is 0 Å². The summed E-state index contributed by atoms with van der Waals surface area (Å²) in [7, 11) is 0. The van der Waals surface area contributed by atoms with Gasteiger partial charge in [0.25, 0.3) is 0 Å². The van der Waals surface area contributed by atoms with Gasteiger partial charge in [-0.15, -0.1) is 0 Å². The maximum absolute atomic E-state index is 4.92. The zero-order chi connectivity index (χ0) is 62.7. The molecule has 13 fully saturated rings. The van der Waals surface area contributed by atoms with Crippen molar-refractivity contribution in [1.29, 1.82) is 0 Å². The van der Waals surface area contributed by atoms with Gasteiger partial charge in [0.05, 0.1) is 99.9 Å². The largest absolute Gasteiger partial charge is 0.334 e. The number of hydrogen-bond acceptors (Lipinski definition) is 16. The van der Waals surface area contributed by atoms with E-state index in [1.165, 1.54) is 103 Å². The van der Waals surface area contributed by atoms with Gasteiger partial charge >= 0.3 is 0 Å². The van der Waals surface area contributed by atoms with Crippen LogP contribution in [0.1, 0.15) is 151 Å². The van der Waals surface area contributed by atoms with E-state index in [2.05, 4.69) is 158 Å². The fourth-order valence-electron chi connectivity index (χ4n) is 26.2. The molecule has 8 saturated carbocycles. The Morgan fingerprint density at radius 2 is 0.312 bits per heavy atom. The maximum atomic E-state index is 4.92. The molecule has 5 saturated heterocycles. The predicted octanol–water partition coefficient (Wildman–Crippen LogP) is 7.09. The van der Waals surface area contributed by atoms with Gasteiger partial charge < -0.3 is 36.5 Å². The van der Waals surface area contributed by atoms with Crippen LogP contribution in [0.3, 0.4) is 0 Å². The molecule has 96 heavy (non-hydrogen) atoms. The summed E-state index contributed by atoms with van der Waals surface area (Å²) in [4.78, 5) is 39.4. The molecule has 8 aromatic rings. The highest BCUT2D eigenvalue weighted by molar-refractivity contribution is 5.22. The van der Waals surface area contributed by atoms with E-state index in [-0.39, 0.29) is 145 Å². The quantitative estimate of drug-likeness (QED) is 0.0758. The number of hydrogen-bond donors (Lipinski definition) is 8. The summed E-state index contributed by atoms with van der Waals surface area (Å²) < 4.78 is 20.5. The second-order valence-corrected chi connectivity index (χ2v) is 32.2. The lowest BCUT2D eigenvalue weighted by atomic mass is 9.56. The summed E-state index contributed by atoms with van der Waals surface area (Å²) in [5.74, 6) is 4.72. The minimum absolute atomic E-state index is 0.109. The van der Waals surface area contributed by atoms with Gasteiger partial charge in [0.15, 0.2) is 0 Å². The number of fused-ring (bicyclic) bond motifs is 24. The van der Waals surface area contributed by atoms with E-state index in [9.17, 15) is 0 Å². The van der Waals surface area contributed by atoms with Gasteiger partial charge in [0, 0.05) is 195 Å². The smallest absolute Gasteiger partial charge is 0.0948 e. The van der Waals surface area contributed by atoms with Gasteiger partial charge in [0.1, 0.15) is 0 Å². The molecule has 0 spiro atoms. The van der Waals surface area contributed by atoms with E-state index in [4.69, 9.17) is 61.1 Å². The van der Waals surface area contributed by atoms with Crippen LogP contribution in [0.25, 0.3) is 0 Å². The summed E-state index contributed by atoms with van der Waals surface area (Å²) in [6, 6.07) is 1.56. The van der Waals surface area contributed by atoms with E-state index < -0.39 is 0 Å². The van der Waals surface area contributed by atoms with Crippen LogP contribution < -0.4 is 42.5 Å². The summed E-state index contributed by atoms with van der Waals surface area (Å²) >= 11 is 0. The molecule has 0 amide bonds. The average molecular weight is 1300 g/mol. The van der Waals surface area contributed by atoms with Crippen LogP contribution >= 0.6 is 0 Å². The Kier molecular flexibility index (Phi) is 14.3. The highest BCUT2D eigenvalue weighted by Gasteiger charge is 2.69. The Labute approximate surface area is 561 Å². The topological polar surface area (TPSA) is 239 Å². The van der Waals surface area contributed by atoms with Crippen molar-refractivity contribution in [3.8, 4) is 0 Å². The molecule has 8 N–H and O–H groups in total. The Bertz CT molecular complexity index is 3100. The van der Waals surface area contributed by atoms with Crippen molar-refractivity contribution in [1.82, 2.24) is 119 Å². The van der Waals surface area contributed by atoms with Crippen molar-refractivity contribution in [2.45, 2.75) is 200 Å². The summed E-state index contributed by atoms with van der Waals surface area (Å²) in [5.41, 5.74) is 0. The molecule has 24 atom stereocenters. The molecule has 24 unspecified atom stereocenters. The summed E-state index contributed by atoms with van der Waals surface area (Å²) in [6.07, 6.45) is 70.6. The van der Waals surface area contributed by atoms with Crippen LogP contribution in [0.2, 0.25) is 0 Å². The van der Waals surface area contributed by atoms with Crippen LogP contribution in [-0.4, -0.2) is 126 Å². The molecule has 24 nitrogen and oxygen atoms in total. The third kappa shape index (κ3) is 8.98. The van der Waals surface area contributed by atoms with E-state index in [0.29, 0.717) is 47.3 Å². The van der Waals surface area contributed by atoms with Crippen LogP contribution in [0.5, 0.6) is 0 Å². The molecule has 8 bridgehead atoms. The second kappa shape index (κ2) is 23.5. The minimum Gasteiger partial charge on any atom is -0.334 e. The number of nitrogens with one attached hydrogen (secondary N) is 8. The van der Waals surface area contributed by atoms with Crippen LogP contribution in [0, 0.1) is 94.7 Å². The molecule has 21 rings (SSSR count). The second-order valence-electron chi connectivity index (χ2n) is 32.2. The standard InChI is InChI=1S/C72H96N24/c1-2-10-42-41(9-1)57(89-25-17-73-33-89)49-50(58(42)90-26-18-74-34-90)66-81-65(49)85-67-51-52(60(92-28-20-76-36-92)44-12-4-3-11-43(44)59(51)91-27-19-75-35-91)69(82-67)87-71-55-56(64(96-32-24-80-40-96)48-16-8-7-15-47(48)63(55)95-31-23-79-39-95)72(84-71)88-70-54-53(68(83-70)86-66)61(93-29-21-77-37-93)45-13-5-6-14-46(45)62(54)94-30-22-78-38-94/h17-72,81-88H,1-16H2. The van der Waals surface area contributed by atoms with Crippen molar-refractivity contribution in [3.05, 3.63) is 150 Å². The van der Waals surface area contributed by atoms with E-state index in [1.54, 1.807) is 0 Å². The number of rotatable bonds is 8. The fourth-order valence-corrected chi connectivity index (χ4v) is 26.2. The van der Waals surface area contributed by atoms with Crippen LogP contribution in [0.15, 0.2) is 150 Å². The average Bonchev–Trinajstić information content (AvgIpc) is 1.47. The number of aromatic nitrogens is 16. The highest BCUT2D eigenvalue weighted by atomic mass is 15.4. The van der Waals surface area contributed by atoms with Crippen LogP contribution in [0.4, 0.5) is 0 Å². The Hall–Kier alpha value is -6.64. The Balaban J connectivity index is 0.795. The van der Waals surface area contributed by atoms with Crippen molar-refractivity contribution in [3.63, 3.8) is 0 Å². The van der Waals surface area contributed by atoms with Crippen molar-refractivity contribution in [2.24, 2.45) is 94.7 Å². The zero-order valence-corrected chi connectivity index (χ0v) is 54.8. The molecule has 0 aromatic carbocycles. The zero-order valence-electron chi connectivity index (χ0n) is 54.8. The van der Waals surface area contributed by atoms with E-state index >= 15 is 0 Å². The molecule has 0 radical (unpaired) electrons. The third-order valence-corrected chi connectivity index (χ3v) is 28.8. The van der Waals surface area contributed by atoms with Crippen LogP contribution in [-0.2, 0) is 0 Å². The third-order valence-electron chi connectivity index (χ3n) is 28.8. The molecule has 8 aliphatic carbocycles. The minimum atomic E-state index is -0.109. The maximum Gasteiger partial charge on any atom is 0.0948 e. The van der Waals surface area contributed by atoms with Crippen molar-refractivity contribution < 1.29 is 0 Å². The molecule has 8 aromatic heterocycles. The molecular formula is C72H96N24. The van der Waals surface area contributed by atoms with Gasteiger partial charge in [0.2, 0.25) is 0 Å². The molecule has 5 aliphatic heterocycles. The van der Waals surface area contributed by atoms with Gasteiger partial charge in [-0.1, -0.05) is 51.4 Å². The first-order chi connectivity index (χ1) is 47.7. The summed E-state index contributed by atoms with van der Waals surface area (Å²) in [6.45, 7) is 0. The molecular weight excluding hydrogens is 1200 g/mol. The van der Waals surface area contributed by atoms with Gasteiger partial charge in [-0.3, -0.25) is 42.5 Å². The van der Waals surface area contributed by atoms with E-state index in [0.717, 1.165) is 0 Å². The first kappa shape index (κ1) is 58.3. The normalized spacial score (nSPS) is 46.2. The molecule has 13 aliphatic rings. The predicted molar refractivity (Wildman–Crippen MR) is 355 cm³/mol. The monoisotopic (exact) mass is 1300 g/mol. The lowest BCUT2D eigenvalue weighted by Gasteiger charge is -2.56. The van der Waals surface area contributed by atoms with Gasteiger partial charge in [-0.05, 0) is 98.7 Å². The lowest BCUT2D eigenvalue weighted by molar-refractivity contribution is -0.0499.